The van der Waals surface area contributed by atoms with Gasteiger partial charge in [-0.25, -0.2) is 4.79 Å². The molecule has 2 N–H and O–H groups in total. The number of amides is 1. The van der Waals surface area contributed by atoms with Crippen LogP contribution in [-0.2, 0) is 0 Å². The molecule has 0 aromatic heterocycles. The number of halogens is 1. The summed E-state index contributed by atoms with van der Waals surface area (Å²) in [5.74, 6) is -0.446. The van der Waals surface area contributed by atoms with Crippen LogP contribution in [0.25, 0.3) is 0 Å². The Hall–Kier alpha value is -1.96. The predicted octanol–water partition coefficient (Wildman–Crippen LogP) is 2.26. The Morgan fingerprint density at radius 1 is 1.47 bits per heavy atom. The highest BCUT2D eigenvalue weighted by Crippen LogP contribution is 2.24. The number of hydrogen-bond acceptors (Lipinski definition) is 4. The Labute approximate surface area is 104 Å². The minimum absolute atomic E-state index is 0.0373. The number of carboxylic acid groups (broad SMARTS) is 1. The largest absolute Gasteiger partial charge is 0.465 e. The molecule has 0 unspecified atom stereocenters. The van der Waals surface area contributed by atoms with Crippen LogP contribution in [0.3, 0.4) is 0 Å². The highest BCUT2D eigenvalue weighted by molar-refractivity contribution is 9.09. The predicted molar refractivity (Wildman–Crippen MR) is 62.9 cm³/mol. The van der Waals surface area contributed by atoms with Crippen LogP contribution < -0.4 is 5.32 Å². The average molecular weight is 303 g/mol. The van der Waals surface area contributed by atoms with E-state index in [-0.39, 0.29) is 16.6 Å². The summed E-state index contributed by atoms with van der Waals surface area (Å²) >= 11 is 2.91. The highest BCUT2D eigenvalue weighted by atomic mass is 79.9. The van der Waals surface area contributed by atoms with Crippen LogP contribution >= 0.6 is 15.9 Å². The molecule has 0 saturated heterocycles. The van der Waals surface area contributed by atoms with Crippen LogP contribution in [0.4, 0.5) is 16.2 Å². The van der Waals surface area contributed by atoms with Crippen molar-refractivity contribution in [2.24, 2.45) is 0 Å². The number of nitrogens with zero attached hydrogens (tertiary/aromatic N) is 1. The van der Waals surface area contributed by atoms with Crippen molar-refractivity contribution in [3.8, 4) is 0 Å². The SMILES string of the molecule is O=C(O)Nc1ccc(C(=O)CBr)c([N+](=O)[O-])c1. The Bertz CT molecular complexity index is 488. The molecule has 0 bridgehead atoms. The maximum atomic E-state index is 11.4. The summed E-state index contributed by atoms with van der Waals surface area (Å²) in [6.45, 7) is 0. The van der Waals surface area contributed by atoms with Gasteiger partial charge in [-0.1, -0.05) is 15.9 Å². The molecular weight excluding hydrogens is 296 g/mol. The van der Waals surface area contributed by atoms with Gasteiger partial charge < -0.3 is 5.11 Å². The molecule has 0 atom stereocenters. The van der Waals surface area contributed by atoms with Crippen molar-refractivity contribution < 1.29 is 19.6 Å². The van der Waals surface area contributed by atoms with E-state index in [9.17, 15) is 19.7 Å². The van der Waals surface area contributed by atoms with Crippen LogP contribution in [0.5, 0.6) is 0 Å². The maximum absolute atomic E-state index is 11.4. The van der Waals surface area contributed by atoms with Crippen LogP contribution in [0.1, 0.15) is 10.4 Å². The van der Waals surface area contributed by atoms with E-state index in [1.807, 2.05) is 5.32 Å². The van der Waals surface area contributed by atoms with E-state index in [1.165, 1.54) is 12.1 Å². The fraction of sp³-hybridized carbons (Fsp3) is 0.111. The third kappa shape index (κ3) is 3.25. The number of alkyl halides is 1. The first-order chi connectivity index (χ1) is 7.95. The maximum Gasteiger partial charge on any atom is 0.409 e. The fourth-order valence-electron chi connectivity index (χ4n) is 1.19. The van der Waals surface area contributed by atoms with Gasteiger partial charge in [0, 0.05) is 6.07 Å². The fourth-order valence-corrected chi connectivity index (χ4v) is 1.49. The second-order valence-electron chi connectivity index (χ2n) is 2.98. The smallest absolute Gasteiger partial charge is 0.409 e. The molecule has 0 fully saturated rings. The Kier molecular flexibility index (Phi) is 4.16. The first-order valence-electron chi connectivity index (χ1n) is 4.33. The van der Waals surface area contributed by atoms with Crippen molar-refractivity contribution in [1.82, 2.24) is 0 Å². The Balaban J connectivity index is 3.22. The Morgan fingerprint density at radius 3 is 2.59 bits per heavy atom. The number of nitrogens with one attached hydrogen (secondary N) is 1. The van der Waals surface area contributed by atoms with E-state index < -0.39 is 22.5 Å². The number of Topliss-reactive ketones (excluding diaryl/α,β-unsaturated/α-hetero) is 1. The van der Waals surface area contributed by atoms with E-state index in [2.05, 4.69) is 15.9 Å². The van der Waals surface area contributed by atoms with Crippen molar-refractivity contribution in [3.63, 3.8) is 0 Å². The molecule has 1 amide bonds. The summed E-state index contributed by atoms with van der Waals surface area (Å²) in [6.07, 6.45) is -1.33. The van der Waals surface area contributed by atoms with Gasteiger partial charge in [-0.3, -0.25) is 20.2 Å². The highest BCUT2D eigenvalue weighted by Gasteiger charge is 2.20. The van der Waals surface area contributed by atoms with Crippen molar-refractivity contribution in [2.45, 2.75) is 0 Å². The molecule has 0 aliphatic carbocycles. The molecule has 17 heavy (non-hydrogen) atoms. The number of nitro benzene ring substituents is 1. The molecule has 7 nitrogen and oxygen atoms in total. The third-order valence-electron chi connectivity index (χ3n) is 1.87. The molecule has 1 aromatic rings. The number of carbonyl (C=O) groups excluding carboxylic acids is 1. The minimum Gasteiger partial charge on any atom is -0.465 e. The molecule has 0 aliphatic heterocycles. The van der Waals surface area contributed by atoms with Gasteiger partial charge in [0.15, 0.2) is 5.78 Å². The van der Waals surface area contributed by atoms with Gasteiger partial charge in [0.2, 0.25) is 0 Å². The van der Waals surface area contributed by atoms with Crippen molar-refractivity contribution in [2.75, 3.05) is 10.6 Å². The summed E-state index contributed by atoms with van der Waals surface area (Å²) in [4.78, 5) is 31.8. The van der Waals surface area contributed by atoms with Crippen LogP contribution in [-0.4, -0.2) is 27.2 Å². The summed E-state index contributed by atoms with van der Waals surface area (Å²) in [6, 6.07) is 3.51. The molecule has 0 aliphatic rings. The molecule has 90 valence electrons. The lowest BCUT2D eigenvalue weighted by Crippen LogP contribution is -2.09. The van der Waals surface area contributed by atoms with E-state index in [4.69, 9.17) is 5.11 Å². The molecule has 0 radical (unpaired) electrons. The number of nitro groups is 1. The minimum atomic E-state index is -1.33. The number of anilines is 1. The zero-order valence-electron chi connectivity index (χ0n) is 8.34. The van der Waals surface area contributed by atoms with Gasteiger partial charge in [-0.15, -0.1) is 0 Å². The van der Waals surface area contributed by atoms with Crippen LogP contribution in [0.15, 0.2) is 18.2 Å². The number of hydrogen-bond donors (Lipinski definition) is 2. The van der Waals surface area contributed by atoms with Crippen molar-refractivity contribution >= 4 is 39.2 Å². The average Bonchev–Trinajstić information content (AvgIpc) is 2.27. The number of rotatable bonds is 4. The second-order valence-corrected chi connectivity index (χ2v) is 3.54. The van der Waals surface area contributed by atoms with Gasteiger partial charge in [0.1, 0.15) is 0 Å². The monoisotopic (exact) mass is 302 g/mol. The van der Waals surface area contributed by atoms with Crippen LogP contribution in [0, 0.1) is 10.1 Å². The summed E-state index contributed by atoms with van der Waals surface area (Å²) < 4.78 is 0. The van der Waals surface area contributed by atoms with Gasteiger partial charge >= 0.3 is 6.09 Å². The van der Waals surface area contributed by atoms with Crippen molar-refractivity contribution in [1.29, 1.82) is 0 Å². The Morgan fingerprint density at radius 2 is 2.12 bits per heavy atom. The molecular formula is C9H7BrN2O5. The van der Waals surface area contributed by atoms with E-state index in [0.29, 0.717) is 0 Å². The standard InChI is InChI=1S/C9H7BrN2O5/c10-4-8(13)6-2-1-5(11-9(14)15)3-7(6)12(16)17/h1-3,11H,4H2,(H,14,15). The molecule has 0 saturated carbocycles. The van der Waals surface area contributed by atoms with Gasteiger partial charge in [0.05, 0.1) is 21.5 Å². The molecule has 1 rings (SSSR count). The second kappa shape index (κ2) is 5.39. The lowest BCUT2D eigenvalue weighted by molar-refractivity contribution is -0.385. The topological polar surface area (TPSA) is 110 Å². The number of carbonyl (C=O) groups is 2. The third-order valence-corrected chi connectivity index (χ3v) is 2.38. The van der Waals surface area contributed by atoms with E-state index >= 15 is 0 Å². The number of ketones is 1. The summed E-state index contributed by atoms with van der Waals surface area (Å²) in [5.41, 5.74) is -0.459. The van der Waals surface area contributed by atoms with Crippen molar-refractivity contribution in [3.05, 3.63) is 33.9 Å². The van der Waals surface area contributed by atoms with E-state index in [1.54, 1.807) is 0 Å². The zero-order chi connectivity index (χ0) is 13.0. The number of benzene rings is 1. The lowest BCUT2D eigenvalue weighted by atomic mass is 10.1. The van der Waals surface area contributed by atoms with Crippen LogP contribution in [0.2, 0.25) is 0 Å². The van der Waals surface area contributed by atoms with E-state index in [0.717, 1.165) is 6.07 Å². The summed E-state index contributed by atoms with van der Waals surface area (Å²) in [5, 5.41) is 21.1. The summed E-state index contributed by atoms with van der Waals surface area (Å²) in [7, 11) is 0. The lowest BCUT2D eigenvalue weighted by Gasteiger charge is -2.03. The first kappa shape index (κ1) is 13.1. The molecule has 8 heteroatoms. The molecule has 0 heterocycles. The van der Waals surface area contributed by atoms with Gasteiger partial charge in [-0.2, -0.15) is 0 Å². The van der Waals surface area contributed by atoms with Gasteiger partial charge in [-0.05, 0) is 12.1 Å². The normalized spacial score (nSPS) is 9.71. The quantitative estimate of drug-likeness (QED) is 0.384. The van der Waals surface area contributed by atoms with Gasteiger partial charge in [0.25, 0.3) is 5.69 Å². The molecule has 1 aromatic carbocycles. The zero-order valence-corrected chi connectivity index (χ0v) is 9.93. The molecule has 0 spiro atoms. The first-order valence-corrected chi connectivity index (χ1v) is 5.45.